The van der Waals surface area contributed by atoms with Crippen molar-refractivity contribution in [3.8, 4) is 5.75 Å². The Morgan fingerprint density at radius 2 is 2.22 bits per heavy atom. The zero-order valence-corrected chi connectivity index (χ0v) is 13.1. The third kappa shape index (κ3) is 3.23. The summed E-state index contributed by atoms with van der Waals surface area (Å²) in [7, 11) is 0. The van der Waals surface area contributed by atoms with Gasteiger partial charge in [-0.25, -0.2) is 0 Å². The highest BCUT2D eigenvalue weighted by Gasteiger charge is 2.46. The fourth-order valence-corrected chi connectivity index (χ4v) is 3.65. The Labute approximate surface area is 135 Å². The molecule has 0 radical (unpaired) electrons. The second-order valence-corrected chi connectivity index (χ2v) is 6.48. The van der Waals surface area contributed by atoms with Crippen molar-refractivity contribution in [2.75, 3.05) is 26.2 Å². The van der Waals surface area contributed by atoms with Gasteiger partial charge in [0.15, 0.2) is 0 Å². The Bertz CT molecular complexity index is 611. The van der Waals surface area contributed by atoms with Crippen LogP contribution in [0.2, 0.25) is 0 Å². The molecule has 3 heterocycles. The minimum absolute atomic E-state index is 0.0377. The van der Waals surface area contributed by atoms with Gasteiger partial charge in [0, 0.05) is 24.2 Å². The van der Waals surface area contributed by atoms with Gasteiger partial charge in [-0.15, -0.1) is 6.58 Å². The summed E-state index contributed by atoms with van der Waals surface area (Å²) in [4.78, 5) is 12.8. The zero-order valence-electron chi connectivity index (χ0n) is 13.1. The average molecular weight is 318 g/mol. The number of nitro groups is 1. The summed E-state index contributed by atoms with van der Waals surface area (Å²) in [5.74, 6) is 0.855. The molecule has 23 heavy (non-hydrogen) atoms. The molecule has 0 aromatic heterocycles. The quantitative estimate of drug-likeness (QED) is 0.494. The molecule has 0 amide bonds. The minimum atomic E-state index is -0.830. The number of piperidine rings is 3. The average Bonchev–Trinajstić information content (AvgIpc) is 2.54. The van der Waals surface area contributed by atoms with E-state index in [1.807, 2.05) is 0 Å². The van der Waals surface area contributed by atoms with Gasteiger partial charge in [-0.1, -0.05) is 6.08 Å². The summed E-state index contributed by atoms with van der Waals surface area (Å²) in [6.07, 6.45) is 4.18. The fraction of sp³-hybridized carbons (Fsp3) is 0.529. The third-order valence-electron chi connectivity index (χ3n) is 4.94. The molecule has 6 heteroatoms. The van der Waals surface area contributed by atoms with Crippen LogP contribution in [0.4, 0.5) is 5.69 Å². The van der Waals surface area contributed by atoms with Gasteiger partial charge in [0.1, 0.15) is 18.0 Å². The summed E-state index contributed by atoms with van der Waals surface area (Å²) in [5.41, 5.74) is -0.0705. The Kier molecular flexibility index (Phi) is 4.37. The number of aliphatic hydroxyl groups is 1. The van der Waals surface area contributed by atoms with Crippen molar-refractivity contribution in [1.82, 2.24) is 4.90 Å². The van der Waals surface area contributed by atoms with Crippen molar-refractivity contribution in [1.29, 1.82) is 0 Å². The highest BCUT2D eigenvalue weighted by atomic mass is 16.6. The van der Waals surface area contributed by atoms with Gasteiger partial charge >= 0.3 is 0 Å². The Morgan fingerprint density at radius 3 is 2.78 bits per heavy atom. The van der Waals surface area contributed by atoms with E-state index < -0.39 is 10.5 Å². The molecule has 0 spiro atoms. The van der Waals surface area contributed by atoms with Crippen molar-refractivity contribution < 1.29 is 14.8 Å². The van der Waals surface area contributed by atoms with Gasteiger partial charge in [0.05, 0.1) is 4.92 Å². The molecule has 1 N–H and O–H groups in total. The second kappa shape index (κ2) is 6.29. The van der Waals surface area contributed by atoms with E-state index in [1.54, 1.807) is 12.1 Å². The molecule has 2 bridgehead atoms. The second-order valence-electron chi connectivity index (χ2n) is 6.48. The zero-order chi connectivity index (χ0) is 16.4. The van der Waals surface area contributed by atoms with Crippen molar-refractivity contribution in [3.05, 3.63) is 46.5 Å². The molecule has 124 valence electrons. The molecule has 1 unspecified atom stereocenters. The Balaban J connectivity index is 1.74. The largest absolute Gasteiger partial charge is 0.490 e. The van der Waals surface area contributed by atoms with Crippen LogP contribution in [0, 0.1) is 16.0 Å². The molecule has 3 fully saturated rings. The third-order valence-corrected chi connectivity index (χ3v) is 4.94. The summed E-state index contributed by atoms with van der Waals surface area (Å²) in [6.45, 7) is 6.64. The van der Waals surface area contributed by atoms with E-state index in [9.17, 15) is 15.2 Å². The first-order valence-electron chi connectivity index (χ1n) is 7.97. The number of nitrogens with zero attached hydrogens (tertiary/aromatic N) is 2. The predicted molar refractivity (Wildman–Crippen MR) is 86.6 cm³/mol. The lowest BCUT2D eigenvalue weighted by Gasteiger charge is -2.50. The van der Waals surface area contributed by atoms with Crippen molar-refractivity contribution in [3.63, 3.8) is 0 Å². The first-order chi connectivity index (χ1) is 11.0. The maximum atomic E-state index is 10.9. The van der Waals surface area contributed by atoms with Crippen LogP contribution in [0.3, 0.4) is 0 Å². The molecular formula is C17H22N2O4. The molecule has 0 aliphatic carbocycles. The summed E-state index contributed by atoms with van der Waals surface area (Å²) < 4.78 is 5.87. The van der Waals surface area contributed by atoms with E-state index >= 15 is 0 Å². The van der Waals surface area contributed by atoms with Crippen LogP contribution in [0.15, 0.2) is 30.9 Å². The molecule has 1 atom stereocenters. The maximum absolute atomic E-state index is 10.9. The predicted octanol–water partition coefficient (Wildman–Crippen LogP) is 2.16. The highest BCUT2D eigenvalue weighted by Crippen LogP contribution is 2.36. The normalized spacial score (nSPS) is 29.3. The van der Waals surface area contributed by atoms with E-state index in [1.165, 1.54) is 12.1 Å². The number of non-ortho nitro benzene ring substituents is 1. The number of ether oxygens (including phenoxy) is 1. The molecule has 3 saturated heterocycles. The number of hydrogen-bond acceptors (Lipinski definition) is 5. The molecule has 1 aromatic rings. The van der Waals surface area contributed by atoms with Crippen molar-refractivity contribution >= 4 is 5.69 Å². The van der Waals surface area contributed by atoms with Gasteiger partial charge in [0.2, 0.25) is 0 Å². The smallest absolute Gasteiger partial charge is 0.269 e. The van der Waals surface area contributed by atoms with E-state index in [0.29, 0.717) is 18.7 Å². The summed E-state index contributed by atoms with van der Waals surface area (Å²) >= 11 is 0. The lowest BCUT2D eigenvalue weighted by atomic mass is 9.76. The standard InChI is InChI=1S/C17H22N2O4/c1-2-3-13-10-15(19(21)22)4-5-16(13)23-12-17(20)11-18-8-6-14(17)7-9-18/h2,4-5,10,14,20H,1,3,6-9,11-12H2. The van der Waals surface area contributed by atoms with E-state index in [-0.39, 0.29) is 18.2 Å². The SMILES string of the molecule is C=CCc1cc([N+](=O)[O-])ccc1OCC1(O)CN2CCC1CC2. The summed E-state index contributed by atoms with van der Waals surface area (Å²) in [5, 5.41) is 21.8. The van der Waals surface area contributed by atoms with Crippen LogP contribution in [-0.4, -0.2) is 46.8 Å². The van der Waals surface area contributed by atoms with Crippen molar-refractivity contribution in [2.45, 2.75) is 24.9 Å². The number of fused-ring (bicyclic) bond motifs is 3. The molecular weight excluding hydrogens is 296 g/mol. The molecule has 3 aliphatic heterocycles. The van der Waals surface area contributed by atoms with Gasteiger partial charge in [0.25, 0.3) is 5.69 Å². The van der Waals surface area contributed by atoms with Gasteiger partial charge in [-0.05, 0) is 44.3 Å². The highest BCUT2D eigenvalue weighted by molar-refractivity contribution is 5.44. The number of benzene rings is 1. The number of rotatable bonds is 6. The van der Waals surface area contributed by atoms with E-state index in [4.69, 9.17) is 4.74 Å². The van der Waals surface area contributed by atoms with Crippen LogP contribution in [-0.2, 0) is 6.42 Å². The molecule has 0 saturated carbocycles. The van der Waals surface area contributed by atoms with Gasteiger partial charge < -0.3 is 14.7 Å². The van der Waals surface area contributed by atoms with E-state index in [0.717, 1.165) is 31.5 Å². The molecule has 1 aromatic carbocycles. The maximum Gasteiger partial charge on any atom is 0.269 e. The van der Waals surface area contributed by atoms with Crippen LogP contribution in [0.1, 0.15) is 18.4 Å². The first-order valence-corrected chi connectivity index (χ1v) is 7.97. The first kappa shape index (κ1) is 16.0. The van der Waals surface area contributed by atoms with Crippen LogP contribution in [0.25, 0.3) is 0 Å². The number of nitro benzene ring substituents is 1. The topological polar surface area (TPSA) is 75.8 Å². The van der Waals surface area contributed by atoms with Crippen LogP contribution < -0.4 is 4.74 Å². The summed E-state index contributed by atoms with van der Waals surface area (Å²) in [6, 6.07) is 4.56. The lowest BCUT2D eigenvalue weighted by molar-refractivity contribution is -0.384. The van der Waals surface area contributed by atoms with Crippen LogP contribution >= 0.6 is 0 Å². The number of hydrogen-bond donors (Lipinski definition) is 1. The monoisotopic (exact) mass is 318 g/mol. The molecule has 6 nitrogen and oxygen atoms in total. The van der Waals surface area contributed by atoms with Gasteiger partial charge in [-0.2, -0.15) is 0 Å². The molecule has 3 aliphatic rings. The minimum Gasteiger partial charge on any atom is -0.490 e. The Morgan fingerprint density at radius 1 is 1.48 bits per heavy atom. The van der Waals surface area contributed by atoms with Crippen molar-refractivity contribution in [2.24, 2.45) is 5.92 Å². The van der Waals surface area contributed by atoms with Crippen LogP contribution in [0.5, 0.6) is 5.75 Å². The number of allylic oxidation sites excluding steroid dienone is 1. The molecule has 4 rings (SSSR count). The lowest BCUT2D eigenvalue weighted by Crippen LogP contribution is -2.61. The fourth-order valence-electron chi connectivity index (χ4n) is 3.65. The Hall–Kier alpha value is -1.92. The van der Waals surface area contributed by atoms with Gasteiger partial charge in [-0.3, -0.25) is 10.1 Å². The van der Waals surface area contributed by atoms with E-state index in [2.05, 4.69) is 11.5 Å².